The number of hydrogen-bond acceptors (Lipinski definition) is 5. The van der Waals surface area contributed by atoms with Crippen molar-refractivity contribution < 1.29 is 4.79 Å². The fourth-order valence-electron chi connectivity index (χ4n) is 2.23. The van der Waals surface area contributed by atoms with Crippen LogP contribution in [0.5, 0.6) is 0 Å². The van der Waals surface area contributed by atoms with Crippen LogP contribution in [0, 0.1) is 0 Å². The van der Waals surface area contributed by atoms with Crippen molar-refractivity contribution in [2.45, 2.75) is 6.92 Å². The molecule has 0 amide bonds. The van der Waals surface area contributed by atoms with Gasteiger partial charge >= 0.3 is 0 Å². The van der Waals surface area contributed by atoms with Crippen molar-refractivity contribution in [1.29, 1.82) is 0 Å². The summed E-state index contributed by atoms with van der Waals surface area (Å²) in [6.07, 6.45) is 1.44. The lowest BCUT2D eigenvalue weighted by Crippen LogP contribution is -1.99. The van der Waals surface area contributed by atoms with Crippen molar-refractivity contribution in [3.63, 3.8) is 0 Å². The van der Waals surface area contributed by atoms with Crippen LogP contribution in [0.15, 0.2) is 54.9 Å². The summed E-state index contributed by atoms with van der Waals surface area (Å²) in [5.41, 5.74) is 2.12. The highest BCUT2D eigenvalue weighted by Crippen LogP contribution is 2.25. The Balaban J connectivity index is 1.79. The predicted molar refractivity (Wildman–Crippen MR) is 102 cm³/mol. The molecule has 2 N–H and O–H groups in total. The molecule has 0 fully saturated rings. The Morgan fingerprint density at radius 2 is 1.52 bits per heavy atom. The largest absolute Gasteiger partial charge is 0.340 e. The second-order valence-corrected chi connectivity index (χ2v) is 6.21. The molecule has 3 aromatic rings. The van der Waals surface area contributed by atoms with Gasteiger partial charge in [-0.2, -0.15) is 0 Å². The van der Waals surface area contributed by atoms with Crippen LogP contribution < -0.4 is 10.6 Å². The molecule has 0 unspecified atom stereocenters. The molecule has 0 radical (unpaired) electrons. The number of nitrogens with zero attached hydrogens (tertiary/aromatic N) is 2. The van der Waals surface area contributed by atoms with Gasteiger partial charge in [0, 0.05) is 33.0 Å². The van der Waals surface area contributed by atoms with Gasteiger partial charge in [0.2, 0.25) is 0 Å². The fourth-order valence-corrected chi connectivity index (χ4v) is 2.76. The highest BCUT2D eigenvalue weighted by molar-refractivity contribution is 6.35. The van der Waals surface area contributed by atoms with Crippen LogP contribution in [0.3, 0.4) is 0 Å². The molecule has 1 heterocycles. The molecule has 0 aliphatic heterocycles. The van der Waals surface area contributed by atoms with Gasteiger partial charge < -0.3 is 10.6 Å². The third-order valence-corrected chi connectivity index (χ3v) is 3.78. The van der Waals surface area contributed by atoms with E-state index in [0.29, 0.717) is 27.2 Å². The number of benzene rings is 2. The maximum absolute atomic E-state index is 11.5. The first-order valence-electron chi connectivity index (χ1n) is 7.43. The molecule has 1 aromatic heterocycles. The first-order valence-corrected chi connectivity index (χ1v) is 8.18. The van der Waals surface area contributed by atoms with Crippen LogP contribution in [0.4, 0.5) is 23.0 Å². The Bertz CT molecular complexity index is 910. The number of hydrogen-bond donors (Lipinski definition) is 2. The number of Topliss-reactive ketones (excluding diaryl/α,β-unsaturated/α-hetero) is 1. The van der Waals surface area contributed by atoms with Crippen molar-refractivity contribution in [3.05, 3.63) is 70.5 Å². The SMILES string of the molecule is CC(=O)c1cccc(Nc2cc(Nc3cc(Cl)cc(Cl)c3)ncn2)c1. The number of halogens is 2. The van der Waals surface area contributed by atoms with E-state index < -0.39 is 0 Å². The van der Waals surface area contributed by atoms with Crippen molar-refractivity contribution >= 4 is 52.0 Å². The maximum atomic E-state index is 11.5. The summed E-state index contributed by atoms with van der Waals surface area (Å²) in [4.78, 5) is 19.8. The summed E-state index contributed by atoms with van der Waals surface area (Å²) in [6.45, 7) is 1.53. The third kappa shape index (κ3) is 4.68. The second kappa shape index (κ2) is 7.51. The van der Waals surface area contributed by atoms with Gasteiger partial charge in [0.05, 0.1) is 0 Å². The molecule has 0 aliphatic rings. The fraction of sp³-hybridized carbons (Fsp3) is 0.0556. The highest BCUT2D eigenvalue weighted by Gasteiger charge is 2.04. The average Bonchev–Trinajstić information content (AvgIpc) is 2.54. The molecular weight excluding hydrogens is 359 g/mol. The molecule has 0 spiro atoms. The Morgan fingerprint density at radius 3 is 2.16 bits per heavy atom. The lowest BCUT2D eigenvalue weighted by Gasteiger charge is -2.10. The van der Waals surface area contributed by atoms with Gasteiger partial charge in [-0.3, -0.25) is 4.79 Å². The molecule has 0 bridgehead atoms. The smallest absolute Gasteiger partial charge is 0.159 e. The zero-order chi connectivity index (χ0) is 17.8. The number of rotatable bonds is 5. The summed E-state index contributed by atoms with van der Waals surface area (Å²) in [7, 11) is 0. The minimum Gasteiger partial charge on any atom is -0.340 e. The van der Waals surface area contributed by atoms with Gasteiger partial charge in [-0.25, -0.2) is 9.97 Å². The van der Waals surface area contributed by atoms with E-state index in [0.717, 1.165) is 11.4 Å². The van der Waals surface area contributed by atoms with E-state index in [4.69, 9.17) is 23.2 Å². The minimum atomic E-state index is 0.00604. The standard InChI is InChI=1S/C18H14Cl2N4O/c1-11(25)12-3-2-4-15(5-12)23-17-9-18(22-10-21-17)24-16-7-13(19)6-14(20)8-16/h2-10H,1H3,(H2,21,22,23,24). The van der Waals surface area contributed by atoms with Crippen molar-refractivity contribution in [2.75, 3.05) is 10.6 Å². The zero-order valence-corrected chi connectivity index (χ0v) is 14.8. The highest BCUT2D eigenvalue weighted by atomic mass is 35.5. The van der Waals surface area contributed by atoms with Crippen LogP contribution in [0.25, 0.3) is 0 Å². The Labute approximate surface area is 155 Å². The molecule has 126 valence electrons. The molecule has 2 aromatic carbocycles. The normalized spacial score (nSPS) is 10.4. The number of ketones is 1. The summed E-state index contributed by atoms with van der Waals surface area (Å²) in [5, 5.41) is 7.34. The van der Waals surface area contributed by atoms with Crippen LogP contribution in [-0.2, 0) is 0 Å². The lowest BCUT2D eigenvalue weighted by atomic mass is 10.1. The molecule has 0 aliphatic carbocycles. The Hall–Kier alpha value is -2.63. The first kappa shape index (κ1) is 17.2. The molecule has 7 heteroatoms. The Morgan fingerprint density at radius 1 is 0.880 bits per heavy atom. The van der Waals surface area contributed by atoms with Gasteiger partial charge in [-0.1, -0.05) is 35.3 Å². The number of aromatic nitrogens is 2. The minimum absolute atomic E-state index is 0.00604. The van der Waals surface area contributed by atoms with Gasteiger partial charge in [0.25, 0.3) is 0 Å². The van der Waals surface area contributed by atoms with Crippen LogP contribution in [0.2, 0.25) is 10.0 Å². The van der Waals surface area contributed by atoms with Gasteiger partial charge in [0.1, 0.15) is 18.0 Å². The van der Waals surface area contributed by atoms with E-state index >= 15 is 0 Å². The first-order chi connectivity index (χ1) is 12.0. The zero-order valence-electron chi connectivity index (χ0n) is 13.3. The molecule has 3 rings (SSSR count). The molecule has 5 nitrogen and oxygen atoms in total. The van der Waals surface area contributed by atoms with E-state index in [2.05, 4.69) is 20.6 Å². The van der Waals surface area contributed by atoms with Crippen molar-refractivity contribution in [3.8, 4) is 0 Å². The maximum Gasteiger partial charge on any atom is 0.159 e. The monoisotopic (exact) mass is 372 g/mol. The predicted octanol–water partition coefficient (Wildman–Crippen LogP) is 5.47. The van der Waals surface area contributed by atoms with Crippen LogP contribution in [-0.4, -0.2) is 15.8 Å². The topological polar surface area (TPSA) is 66.9 Å². The molecular formula is C18H14Cl2N4O. The number of anilines is 4. The summed E-state index contributed by atoms with van der Waals surface area (Å²) in [6, 6.07) is 14.1. The van der Waals surface area contributed by atoms with Crippen molar-refractivity contribution in [1.82, 2.24) is 9.97 Å². The summed E-state index contributed by atoms with van der Waals surface area (Å²) < 4.78 is 0. The van der Waals surface area contributed by atoms with E-state index in [9.17, 15) is 4.79 Å². The number of carbonyl (C=O) groups is 1. The lowest BCUT2D eigenvalue weighted by molar-refractivity contribution is 0.101. The molecule has 0 atom stereocenters. The Kier molecular flexibility index (Phi) is 5.16. The van der Waals surface area contributed by atoms with E-state index in [1.165, 1.54) is 13.3 Å². The van der Waals surface area contributed by atoms with Crippen molar-refractivity contribution in [2.24, 2.45) is 0 Å². The van der Waals surface area contributed by atoms with E-state index in [1.807, 2.05) is 12.1 Å². The number of carbonyl (C=O) groups excluding carboxylic acids is 1. The number of nitrogens with one attached hydrogen (secondary N) is 2. The quantitative estimate of drug-likeness (QED) is 0.580. The summed E-state index contributed by atoms with van der Waals surface area (Å²) in [5.74, 6) is 1.18. The summed E-state index contributed by atoms with van der Waals surface area (Å²) >= 11 is 12.0. The van der Waals surface area contributed by atoms with Gasteiger partial charge in [-0.15, -0.1) is 0 Å². The van der Waals surface area contributed by atoms with E-state index in [-0.39, 0.29) is 5.78 Å². The molecule has 0 saturated carbocycles. The van der Waals surface area contributed by atoms with E-state index in [1.54, 1.807) is 36.4 Å². The van der Waals surface area contributed by atoms with Crippen LogP contribution >= 0.6 is 23.2 Å². The van der Waals surface area contributed by atoms with Crippen LogP contribution in [0.1, 0.15) is 17.3 Å². The van der Waals surface area contributed by atoms with Gasteiger partial charge in [0.15, 0.2) is 5.78 Å². The average molecular weight is 373 g/mol. The van der Waals surface area contributed by atoms with Gasteiger partial charge in [-0.05, 0) is 37.3 Å². The second-order valence-electron chi connectivity index (χ2n) is 5.33. The third-order valence-electron chi connectivity index (χ3n) is 3.34. The molecule has 25 heavy (non-hydrogen) atoms. The molecule has 0 saturated heterocycles.